The second kappa shape index (κ2) is 10.5. The number of cyclic esters (lactones) is 1. The minimum absolute atomic E-state index is 0.0312. The van der Waals surface area contributed by atoms with Gasteiger partial charge < -0.3 is 4.74 Å². The smallest absolute Gasteiger partial charge is 0.308 e. The summed E-state index contributed by atoms with van der Waals surface area (Å²) in [5.41, 5.74) is 2.89. The zero-order valence-corrected chi connectivity index (χ0v) is 14.7. The van der Waals surface area contributed by atoms with Gasteiger partial charge in [-0.2, -0.15) is 0 Å². The van der Waals surface area contributed by atoms with Crippen LogP contribution < -0.4 is 0 Å². The number of aryl methyl sites for hydroxylation is 2. The van der Waals surface area contributed by atoms with Crippen molar-refractivity contribution in [2.45, 2.75) is 77.6 Å². The quantitative estimate of drug-likeness (QED) is 0.422. The summed E-state index contributed by atoms with van der Waals surface area (Å²) in [6, 6.07) is 9.15. The third kappa shape index (κ3) is 6.76. The normalized spacial score (nSPS) is 18.0. The maximum absolute atomic E-state index is 11.6. The Bertz CT molecular complexity index is 449. The standard InChI is InChI=1S/C21H32O2/c1-2-3-4-5-9-18-13-15-19(16-14-18)10-6-7-11-20-12-8-17-23-21(20)22/h13-16,20H,2-12,17H2,1H3. The lowest BCUT2D eigenvalue weighted by molar-refractivity contribution is -0.153. The van der Waals surface area contributed by atoms with Gasteiger partial charge in [0.25, 0.3) is 0 Å². The van der Waals surface area contributed by atoms with Crippen LogP contribution in [0.3, 0.4) is 0 Å². The third-order valence-corrected chi connectivity index (χ3v) is 4.88. The summed E-state index contributed by atoms with van der Waals surface area (Å²) in [4.78, 5) is 11.6. The van der Waals surface area contributed by atoms with Gasteiger partial charge in [-0.3, -0.25) is 4.79 Å². The minimum atomic E-state index is 0.0312. The zero-order valence-electron chi connectivity index (χ0n) is 14.7. The van der Waals surface area contributed by atoms with E-state index < -0.39 is 0 Å². The Morgan fingerprint density at radius 2 is 1.61 bits per heavy atom. The summed E-state index contributed by atoms with van der Waals surface area (Å²) in [5, 5.41) is 0. The summed E-state index contributed by atoms with van der Waals surface area (Å²) in [6.45, 7) is 2.88. The van der Waals surface area contributed by atoms with E-state index in [1.807, 2.05) is 0 Å². The fourth-order valence-electron chi connectivity index (χ4n) is 3.35. The first-order chi connectivity index (χ1) is 11.3. The number of carbonyl (C=O) groups is 1. The van der Waals surface area contributed by atoms with E-state index >= 15 is 0 Å². The predicted octanol–water partition coefficient (Wildman–Crippen LogP) is 5.48. The Kier molecular flexibility index (Phi) is 8.20. The van der Waals surface area contributed by atoms with Crippen LogP contribution >= 0.6 is 0 Å². The van der Waals surface area contributed by atoms with E-state index in [9.17, 15) is 4.79 Å². The number of hydrogen-bond donors (Lipinski definition) is 0. The van der Waals surface area contributed by atoms with Gasteiger partial charge in [-0.15, -0.1) is 0 Å². The molecule has 1 aliphatic heterocycles. The lowest BCUT2D eigenvalue weighted by atomic mass is 9.94. The van der Waals surface area contributed by atoms with Crippen molar-refractivity contribution >= 4 is 5.97 Å². The molecule has 1 fully saturated rings. The molecule has 23 heavy (non-hydrogen) atoms. The maximum atomic E-state index is 11.6. The van der Waals surface area contributed by atoms with Crippen LogP contribution in [0.4, 0.5) is 0 Å². The Labute approximate surface area is 141 Å². The van der Waals surface area contributed by atoms with E-state index in [0.29, 0.717) is 6.61 Å². The Balaban J connectivity index is 1.61. The van der Waals surface area contributed by atoms with Gasteiger partial charge in [-0.05, 0) is 56.1 Å². The number of rotatable bonds is 10. The highest BCUT2D eigenvalue weighted by molar-refractivity contribution is 5.72. The van der Waals surface area contributed by atoms with Gasteiger partial charge in [-0.1, -0.05) is 56.9 Å². The summed E-state index contributed by atoms with van der Waals surface area (Å²) >= 11 is 0. The molecular formula is C21H32O2. The number of unbranched alkanes of at least 4 members (excludes halogenated alkanes) is 4. The van der Waals surface area contributed by atoms with Crippen molar-refractivity contribution in [3.8, 4) is 0 Å². The van der Waals surface area contributed by atoms with Crippen LogP contribution in [-0.4, -0.2) is 12.6 Å². The molecule has 1 aromatic rings. The van der Waals surface area contributed by atoms with Gasteiger partial charge in [0.15, 0.2) is 0 Å². The van der Waals surface area contributed by atoms with Crippen molar-refractivity contribution in [1.29, 1.82) is 0 Å². The van der Waals surface area contributed by atoms with Crippen molar-refractivity contribution in [3.63, 3.8) is 0 Å². The van der Waals surface area contributed by atoms with Gasteiger partial charge >= 0.3 is 5.97 Å². The Morgan fingerprint density at radius 1 is 0.957 bits per heavy atom. The van der Waals surface area contributed by atoms with Crippen LogP contribution in [-0.2, 0) is 22.4 Å². The molecule has 128 valence electrons. The third-order valence-electron chi connectivity index (χ3n) is 4.88. The molecule has 0 bridgehead atoms. The summed E-state index contributed by atoms with van der Waals surface area (Å²) < 4.78 is 5.13. The molecule has 1 aliphatic rings. The summed E-state index contributed by atoms with van der Waals surface area (Å²) in [5.74, 6) is 0.193. The average molecular weight is 316 g/mol. The van der Waals surface area contributed by atoms with Gasteiger partial charge in [0.1, 0.15) is 0 Å². The highest BCUT2D eigenvalue weighted by Gasteiger charge is 2.22. The molecule has 0 saturated carbocycles. The van der Waals surface area contributed by atoms with E-state index in [1.54, 1.807) is 0 Å². The second-order valence-electron chi connectivity index (χ2n) is 6.88. The largest absolute Gasteiger partial charge is 0.465 e. The average Bonchev–Trinajstić information content (AvgIpc) is 2.58. The number of ether oxygens (including phenoxy) is 1. The fraction of sp³-hybridized carbons (Fsp3) is 0.667. The van der Waals surface area contributed by atoms with Crippen molar-refractivity contribution < 1.29 is 9.53 Å². The van der Waals surface area contributed by atoms with Gasteiger partial charge in [0, 0.05) is 0 Å². The molecule has 2 heteroatoms. The number of esters is 1. The van der Waals surface area contributed by atoms with E-state index in [2.05, 4.69) is 31.2 Å². The van der Waals surface area contributed by atoms with Crippen LogP contribution in [0.15, 0.2) is 24.3 Å². The molecule has 0 amide bonds. The molecule has 1 heterocycles. The Hall–Kier alpha value is -1.31. The molecule has 1 aromatic carbocycles. The van der Waals surface area contributed by atoms with Crippen LogP contribution in [0, 0.1) is 5.92 Å². The van der Waals surface area contributed by atoms with Crippen molar-refractivity contribution in [3.05, 3.63) is 35.4 Å². The van der Waals surface area contributed by atoms with E-state index in [0.717, 1.165) is 32.1 Å². The lowest BCUT2D eigenvalue weighted by Gasteiger charge is -2.20. The highest BCUT2D eigenvalue weighted by atomic mass is 16.5. The molecule has 2 rings (SSSR count). The van der Waals surface area contributed by atoms with E-state index in [-0.39, 0.29) is 11.9 Å². The van der Waals surface area contributed by atoms with Crippen LogP contribution in [0.2, 0.25) is 0 Å². The van der Waals surface area contributed by atoms with Crippen molar-refractivity contribution in [1.82, 2.24) is 0 Å². The van der Waals surface area contributed by atoms with Gasteiger partial charge in [0.05, 0.1) is 12.5 Å². The van der Waals surface area contributed by atoms with Crippen LogP contribution in [0.5, 0.6) is 0 Å². The number of hydrogen-bond acceptors (Lipinski definition) is 2. The molecule has 0 aromatic heterocycles. The first-order valence-corrected chi connectivity index (χ1v) is 9.54. The molecular weight excluding hydrogens is 284 g/mol. The predicted molar refractivity (Wildman–Crippen MR) is 95.5 cm³/mol. The van der Waals surface area contributed by atoms with Crippen LogP contribution in [0.25, 0.3) is 0 Å². The fourth-order valence-corrected chi connectivity index (χ4v) is 3.35. The number of carbonyl (C=O) groups excluding carboxylic acids is 1. The van der Waals surface area contributed by atoms with E-state index in [1.165, 1.54) is 49.7 Å². The molecule has 0 spiro atoms. The second-order valence-corrected chi connectivity index (χ2v) is 6.88. The zero-order chi connectivity index (χ0) is 16.3. The summed E-state index contributed by atoms with van der Waals surface area (Å²) in [6.07, 6.45) is 13.0. The van der Waals surface area contributed by atoms with Gasteiger partial charge in [-0.25, -0.2) is 0 Å². The highest BCUT2D eigenvalue weighted by Crippen LogP contribution is 2.21. The van der Waals surface area contributed by atoms with E-state index in [4.69, 9.17) is 4.74 Å². The van der Waals surface area contributed by atoms with Crippen LogP contribution in [0.1, 0.15) is 75.8 Å². The van der Waals surface area contributed by atoms with Crippen molar-refractivity contribution in [2.24, 2.45) is 5.92 Å². The molecule has 1 unspecified atom stereocenters. The molecule has 1 saturated heterocycles. The SMILES string of the molecule is CCCCCCc1ccc(CCCCC2CCCOC2=O)cc1. The minimum Gasteiger partial charge on any atom is -0.465 e. The first kappa shape index (κ1) is 18.0. The molecule has 1 atom stereocenters. The topological polar surface area (TPSA) is 26.3 Å². The van der Waals surface area contributed by atoms with Gasteiger partial charge in [0.2, 0.25) is 0 Å². The summed E-state index contributed by atoms with van der Waals surface area (Å²) in [7, 11) is 0. The monoisotopic (exact) mass is 316 g/mol. The van der Waals surface area contributed by atoms with Crippen molar-refractivity contribution in [2.75, 3.05) is 6.61 Å². The first-order valence-electron chi connectivity index (χ1n) is 9.54. The Morgan fingerprint density at radius 3 is 2.22 bits per heavy atom. The number of benzene rings is 1. The maximum Gasteiger partial charge on any atom is 0.308 e. The molecule has 0 radical (unpaired) electrons. The molecule has 0 aliphatic carbocycles. The lowest BCUT2D eigenvalue weighted by Crippen LogP contribution is -2.23. The molecule has 0 N–H and O–H groups in total. The molecule has 2 nitrogen and oxygen atoms in total.